The third kappa shape index (κ3) is 5.11. The van der Waals surface area contributed by atoms with Crippen LogP contribution in [0.2, 0.25) is 0 Å². The molecule has 5 rings (SSSR count). The van der Waals surface area contributed by atoms with Crippen molar-refractivity contribution in [1.29, 1.82) is 0 Å². The minimum absolute atomic E-state index is 0.155. The van der Waals surface area contributed by atoms with Gasteiger partial charge in [-0.15, -0.1) is 0 Å². The first kappa shape index (κ1) is 30.5. The van der Waals surface area contributed by atoms with E-state index >= 15 is 0 Å². The van der Waals surface area contributed by atoms with Crippen LogP contribution in [0.25, 0.3) is 16.8 Å². The van der Waals surface area contributed by atoms with E-state index in [1.165, 1.54) is 37.0 Å². The monoisotopic (exact) mass is 616 g/mol. The summed E-state index contributed by atoms with van der Waals surface area (Å²) in [4.78, 5) is 46.5. The summed E-state index contributed by atoms with van der Waals surface area (Å²) in [6, 6.07) is 13.2. The molecule has 228 valence electrons. The van der Waals surface area contributed by atoms with Gasteiger partial charge >= 0.3 is 0 Å². The van der Waals surface area contributed by atoms with Gasteiger partial charge in [-0.25, -0.2) is 4.99 Å². The highest BCUT2D eigenvalue weighted by Crippen LogP contribution is 2.41. The Kier molecular flexibility index (Phi) is 8.54. The number of hydrogen-bond donors (Lipinski definition) is 0. The van der Waals surface area contributed by atoms with Gasteiger partial charge in [0, 0.05) is 30.3 Å². The number of rotatable bonds is 9. The number of non-ortho nitro benzene ring substituents is 1. The Balaban J connectivity index is 1.87. The number of nitro benzene ring substituents is 1. The predicted octanol–water partition coefficient (Wildman–Crippen LogP) is 4.19. The first-order valence-electron chi connectivity index (χ1n) is 14.0. The van der Waals surface area contributed by atoms with E-state index in [0.29, 0.717) is 46.0 Å². The molecule has 12 heteroatoms. The van der Waals surface area contributed by atoms with Gasteiger partial charge in [-0.2, -0.15) is 0 Å². The quantitative estimate of drug-likeness (QED) is 0.204. The fourth-order valence-corrected chi connectivity index (χ4v) is 6.66. The molecule has 1 aliphatic rings. The average molecular weight is 617 g/mol. The number of fused-ring (bicyclic) bond motifs is 2. The Labute approximate surface area is 257 Å². The van der Waals surface area contributed by atoms with Gasteiger partial charge < -0.3 is 19.1 Å². The molecule has 0 aliphatic carbocycles. The van der Waals surface area contributed by atoms with Crippen LogP contribution in [0.5, 0.6) is 17.2 Å². The molecule has 44 heavy (non-hydrogen) atoms. The molecule has 0 spiro atoms. The van der Waals surface area contributed by atoms with E-state index in [9.17, 15) is 19.7 Å². The number of benzene rings is 3. The van der Waals surface area contributed by atoms with Gasteiger partial charge in [0.25, 0.3) is 17.2 Å². The van der Waals surface area contributed by atoms with Crippen molar-refractivity contribution in [2.45, 2.75) is 26.8 Å². The minimum atomic E-state index is -0.857. The minimum Gasteiger partial charge on any atom is -0.496 e. The lowest BCUT2D eigenvalue weighted by Gasteiger charge is -2.30. The number of aromatic nitrogens is 1. The molecule has 0 saturated carbocycles. The van der Waals surface area contributed by atoms with Gasteiger partial charge in [-0.3, -0.25) is 24.3 Å². The molecule has 1 aromatic heterocycles. The lowest BCUT2D eigenvalue weighted by atomic mass is 9.90. The fraction of sp³-hybridized carbons (Fsp3) is 0.281. The van der Waals surface area contributed by atoms with Crippen molar-refractivity contribution in [2.75, 3.05) is 34.4 Å². The number of carbonyl (C=O) groups is 1. The number of methoxy groups -OCH3 is 3. The normalized spacial score (nSPS) is 14.7. The van der Waals surface area contributed by atoms with Gasteiger partial charge in [0.2, 0.25) is 0 Å². The Bertz CT molecular complexity index is 2010. The van der Waals surface area contributed by atoms with Gasteiger partial charge in [-0.1, -0.05) is 41.7 Å². The average Bonchev–Trinajstić information content (AvgIpc) is 3.33. The molecule has 0 bridgehead atoms. The van der Waals surface area contributed by atoms with Crippen LogP contribution in [-0.2, 0) is 4.79 Å². The largest absolute Gasteiger partial charge is 0.496 e. The number of nitro groups is 1. The lowest BCUT2D eigenvalue weighted by molar-refractivity contribution is -0.385. The molecule has 11 nitrogen and oxygen atoms in total. The predicted molar refractivity (Wildman–Crippen MR) is 168 cm³/mol. The van der Waals surface area contributed by atoms with Gasteiger partial charge in [-0.05, 0) is 43.7 Å². The van der Waals surface area contributed by atoms with Crippen molar-refractivity contribution in [3.8, 4) is 17.2 Å². The third-order valence-corrected chi connectivity index (χ3v) is 8.70. The number of amides is 1. The Hall–Kier alpha value is -4.97. The topological polar surface area (TPSA) is 126 Å². The zero-order valence-corrected chi connectivity index (χ0v) is 26.1. The number of nitrogens with zero attached hydrogens (tertiary/aromatic N) is 4. The van der Waals surface area contributed by atoms with E-state index in [4.69, 9.17) is 19.2 Å². The first-order chi connectivity index (χ1) is 21.2. The van der Waals surface area contributed by atoms with Crippen LogP contribution >= 0.6 is 11.3 Å². The highest BCUT2D eigenvalue weighted by Gasteiger charge is 2.36. The zero-order chi connectivity index (χ0) is 31.7. The summed E-state index contributed by atoms with van der Waals surface area (Å²) in [5.41, 5.74) is 1.18. The van der Waals surface area contributed by atoms with E-state index in [1.54, 1.807) is 18.9 Å². The molecule has 0 saturated heterocycles. The van der Waals surface area contributed by atoms with Crippen LogP contribution < -0.4 is 29.1 Å². The smallest absolute Gasteiger partial charge is 0.274 e. The molecule has 2 heterocycles. The summed E-state index contributed by atoms with van der Waals surface area (Å²) in [5, 5.41) is 13.4. The Morgan fingerprint density at radius 3 is 2.41 bits per heavy atom. The maximum absolute atomic E-state index is 14.4. The number of allylic oxidation sites excluding steroid dienone is 1. The summed E-state index contributed by atoms with van der Waals surface area (Å²) in [6.07, 6.45) is 1.53. The van der Waals surface area contributed by atoms with Crippen molar-refractivity contribution in [3.05, 3.63) is 101 Å². The molecule has 0 N–H and O–H groups in total. The van der Waals surface area contributed by atoms with Gasteiger partial charge in [0.15, 0.2) is 16.3 Å². The lowest BCUT2D eigenvalue weighted by Crippen LogP contribution is -2.43. The van der Waals surface area contributed by atoms with Crippen LogP contribution in [0.4, 0.5) is 5.69 Å². The van der Waals surface area contributed by atoms with E-state index in [1.807, 2.05) is 50.2 Å². The SMILES string of the molecule is CCN(CC)C(=O)C1=C(C)N=c2s/c(=C\c3cc([N+](=O)[O-])cc(OC)c3OC)c(=O)n2[C@@H]1c1c(OC)ccc2ccccc12. The maximum Gasteiger partial charge on any atom is 0.274 e. The first-order valence-corrected chi connectivity index (χ1v) is 14.8. The van der Waals surface area contributed by atoms with E-state index in [-0.39, 0.29) is 27.6 Å². The van der Waals surface area contributed by atoms with Gasteiger partial charge in [0.05, 0.1) is 48.1 Å². The second-order valence-corrected chi connectivity index (χ2v) is 11.0. The molecule has 0 fully saturated rings. The second-order valence-electron chi connectivity index (χ2n) is 9.99. The van der Waals surface area contributed by atoms with E-state index in [2.05, 4.69) is 0 Å². The number of ether oxygens (including phenoxy) is 3. The summed E-state index contributed by atoms with van der Waals surface area (Å²) in [6.45, 7) is 6.53. The number of thiazole rings is 1. The Morgan fingerprint density at radius 1 is 1.07 bits per heavy atom. The molecular formula is C32H32N4O7S. The maximum atomic E-state index is 14.4. The highest BCUT2D eigenvalue weighted by atomic mass is 32.1. The molecule has 3 aromatic carbocycles. The second kappa shape index (κ2) is 12.3. The van der Waals surface area contributed by atoms with Crippen LogP contribution in [0.3, 0.4) is 0 Å². The molecular weight excluding hydrogens is 584 g/mol. The van der Waals surface area contributed by atoms with Crippen LogP contribution in [-0.4, -0.2) is 54.7 Å². The third-order valence-electron chi connectivity index (χ3n) is 7.72. The molecule has 1 amide bonds. The standard InChI is InChI=1S/C32H32N4O7S/c1-7-34(8-2)31(38)26-18(3)33-32-35(28(26)27-22-12-10-9-11-19(22)13-14-23(27)41-4)30(37)25(44-32)16-20-15-21(36(39)40)17-24(42-5)29(20)43-6/h9-17,28H,7-8H2,1-6H3/b25-16-/t28-/m0/s1. The van der Waals surface area contributed by atoms with E-state index in [0.717, 1.165) is 22.1 Å². The Morgan fingerprint density at radius 2 is 1.77 bits per heavy atom. The molecule has 1 atom stereocenters. The van der Waals surface area contributed by atoms with Crippen molar-refractivity contribution in [2.24, 2.45) is 4.99 Å². The van der Waals surface area contributed by atoms with Crippen molar-refractivity contribution < 1.29 is 23.9 Å². The summed E-state index contributed by atoms with van der Waals surface area (Å²) < 4.78 is 18.5. The number of likely N-dealkylation sites (N-methyl/N-ethyl adjacent to an activating group) is 1. The van der Waals surface area contributed by atoms with Crippen molar-refractivity contribution in [1.82, 2.24) is 9.47 Å². The fourth-order valence-electron chi connectivity index (χ4n) is 5.62. The molecule has 4 aromatic rings. The molecule has 1 aliphatic heterocycles. The van der Waals surface area contributed by atoms with Crippen LogP contribution in [0.15, 0.2) is 69.6 Å². The zero-order valence-electron chi connectivity index (χ0n) is 25.2. The van der Waals surface area contributed by atoms with Crippen molar-refractivity contribution in [3.63, 3.8) is 0 Å². The van der Waals surface area contributed by atoms with E-state index < -0.39 is 16.5 Å². The molecule has 0 unspecified atom stereocenters. The number of hydrogen-bond acceptors (Lipinski definition) is 9. The van der Waals surface area contributed by atoms with Gasteiger partial charge in [0.1, 0.15) is 11.8 Å². The summed E-state index contributed by atoms with van der Waals surface area (Å²) >= 11 is 1.12. The highest BCUT2D eigenvalue weighted by molar-refractivity contribution is 7.07. The molecule has 0 radical (unpaired) electrons. The van der Waals surface area contributed by atoms with Crippen LogP contribution in [0.1, 0.15) is 37.9 Å². The number of carbonyl (C=O) groups excluding carboxylic acids is 1. The van der Waals surface area contributed by atoms with Crippen molar-refractivity contribution >= 4 is 39.8 Å². The summed E-state index contributed by atoms with van der Waals surface area (Å²) in [5.74, 6) is 0.690. The van der Waals surface area contributed by atoms with Crippen LogP contribution in [0, 0.1) is 10.1 Å². The summed E-state index contributed by atoms with van der Waals surface area (Å²) in [7, 11) is 4.36.